The molecule has 1 saturated heterocycles. The number of piperazine rings is 1. The molecule has 19 heavy (non-hydrogen) atoms. The maximum atomic E-state index is 12.0. The van der Waals surface area contributed by atoms with Gasteiger partial charge in [-0.25, -0.2) is 4.79 Å². The summed E-state index contributed by atoms with van der Waals surface area (Å²) in [5.74, 6) is -1.33. The molecule has 0 saturated carbocycles. The van der Waals surface area contributed by atoms with Gasteiger partial charge in [-0.1, -0.05) is 13.3 Å². The van der Waals surface area contributed by atoms with E-state index in [0.717, 1.165) is 19.5 Å². The van der Waals surface area contributed by atoms with Gasteiger partial charge in [-0.3, -0.25) is 4.79 Å². The summed E-state index contributed by atoms with van der Waals surface area (Å²) in [6.45, 7) is 6.56. The van der Waals surface area contributed by atoms with E-state index in [1.807, 2.05) is 20.9 Å². The van der Waals surface area contributed by atoms with Crippen LogP contribution in [0.4, 0.5) is 4.79 Å². The van der Waals surface area contributed by atoms with E-state index in [4.69, 9.17) is 5.11 Å². The molecule has 1 rings (SSSR count). The van der Waals surface area contributed by atoms with Gasteiger partial charge in [0, 0.05) is 32.2 Å². The summed E-state index contributed by atoms with van der Waals surface area (Å²) in [7, 11) is 2.04. The highest BCUT2D eigenvalue weighted by atomic mass is 16.4. The van der Waals surface area contributed by atoms with Crippen molar-refractivity contribution in [3.63, 3.8) is 0 Å². The monoisotopic (exact) mass is 271 g/mol. The van der Waals surface area contributed by atoms with Gasteiger partial charge in [0.2, 0.25) is 0 Å². The van der Waals surface area contributed by atoms with E-state index >= 15 is 0 Å². The first-order valence-electron chi connectivity index (χ1n) is 6.91. The number of nitrogens with zero attached hydrogens (tertiary/aromatic N) is 2. The molecule has 1 aliphatic heterocycles. The first-order valence-corrected chi connectivity index (χ1v) is 6.91. The smallest absolute Gasteiger partial charge is 0.317 e. The molecule has 0 aliphatic carbocycles. The van der Waals surface area contributed by atoms with Crippen molar-refractivity contribution in [1.29, 1.82) is 0 Å². The van der Waals surface area contributed by atoms with Crippen LogP contribution in [0.15, 0.2) is 0 Å². The Morgan fingerprint density at radius 3 is 2.63 bits per heavy atom. The molecule has 1 fully saturated rings. The van der Waals surface area contributed by atoms with Crippen LogP contribution in [0.3, 0.4) is 0 Å². The van der Waals surface area contributed by atoms with Crippen LogP contribution in [0.5, 0.6) is 0 Å². The fourth-order valence-electron chi connectivity index (χ4n) is 2.41. The second-order valence-corrected chi connectivity index (χ2v) is 5.31. The number of hydrogen-bond donors (Lipinski definition) is 2. The number of amides is 2. The molecule has 0 aromatic carbocycles. The van der Waals surface area contributed by atoms with Crippen LogP contribution in [0.2, 0.25) is 0 Å². The van der Waals surface area contributed by atoms with Gasteiger partial charge in [0.1, 0.15) is 0 Å². The number of likely N-dealkylation sites (N-methyl/N-ethyl adjacent to an activating group) is 1. The molecule has 0 radical (unpaired) electrons. The van der Waals surface area contributed by atoms with Gasteiger partial charge in [-0.15, -0.1) is 0 Å². The zero-order chi connectivity index (χ0) is 14.4. The molecule has 6 heteroatoms. The zero-order valence-corrected chi connectivity index (χ0v) is 12.1. The van der Waals surface area contributed by atoms with E-state index in [2.05, 4.69) is 10.2 Å². The van der Waals surface area contributed by atoms with Crippen molar-refractivity contribution in [1.82, 2.24) is 15.1 Å². The lowest BCUT2D eigenvalue weighted by Crippen LogP contribution is -2.56. The largest absolute Gasteiger partial charge is 0.481 e. The third-order valence-corrected chi connectivity index (χ3v) is 3.58. The molecular weight excluding hydrogens is 246 g/mol. The number of carboxylic acids is 1. The average molecular weight is 271 g/mol. The standard InChI is InChI=1S/C13H25N3O3/c1-4-5-11(12(17)18)8-14-13(19)16-7-6-15(3)9-10(16)2/h10-11H,4-9H2,1-3H3,(H,14,19)(H,17,18). The number of carboxylic acid groups (broad SMARTS) is 1. The highest BCUT2D eigenvalue weighted by Crippen LogP contribution is 2.09. The van der Waals surface area contributed by atoms with Crippen LogP contribution in [0.1, 0.15) is 26.7 Å². The van der Waals surface area contributed by atoms with Crippen molar-refractivity contribution < 1.29 is 14.7 Å². The summed E-state index contributed by atoms with van der Waals surface area (Å²) >= 11 is 0. The van der Waals surface area contributed by atoms with Gasteiger partial charge in [-0.05, 0) is 20.4 Å². The summed E-state index contributed by atoms with van der Waals surface area (Å²) in [4.78, 5) is 27.0. The summed E-state index contributed by atoms with van der Waals surface area (Å²) in [6.07, 6.45) is 1.39. The second kappa shape index (κ2) is 7.33. The Bertz CT molecular complexity index is 322. The van der Waals surface area contributed by atoms with E-state index in [1.165, 1.54) is 0 Å². The molecule has 110 valence electrons. The third kappa shape index (κ3) is 4.70. The molecule has 0 bridgehead atoms. The van der Waals surface area contributed by atoms with Crippen LogP contribution < -0.4 is 5.32 Å². The van der Waals surface area contributed by atoms with Gasteiger partial charge < -0.3 is 20.2 Å². The number of nitrogens with one attached hydrogen (secondary N) is 1. The van der Waals surface area contributed by atoms with Crippen molar-refractivity contribution in [3.8, 4) is 0 Å². The topological polar surface area (TPSA) is 72.9 Å². The van der Waals surface area contributed by atoms with Crippen LogP contribution in [-0.4, -0.2) is 66.2 Å². The zero-order valence-electron chi connectivity index (χ0n) is 12.1. The molecule has 0 spiro atoms. The maximum absolute atomic E-state index is 12.0. The number of hydrogen-bond acceptors (Lipinski definition) is 3. The van der Waals surface area contributed by atoms with Crippen molar-refractivity contribution in [3.05, 3.63) is 0 Å². The number of urea groups is 1. The van der Waals surface area contributed by atoms with E-state index < -0.39 is 11.9 Å². The van der Waals surface area contributed by atoms with Gasteiger partial charge in [0.25, 0.3) is 0 Å². The fourth-order valence-corrected chi connectivity index (χ4v) is 2.41. The average Bonchev–Trinajstić information content (AvgIpc) is 2.33. The van der Waals surface area contributed by atoms with E-state index in [0.29, 0.717) is 13.0 Å². The molecule has 1 heterocycles. The lowest BCUT2D eigenvalue weighted by molar-refractivity contribution is -0.141. The molecule has 0 aromatic heterocycles. The Kier molecular flexibility index (Phi) is 6.08. The van der Waals surface area contributed by atoms with Gasteiger partial charge in [0.15, 0.2) is 0 Å². The Morgan fingerprint density at radius 2 is 2.11 bits per heavy atom. The van der Waals surface area contributed by atoms with Crippen LogP contribution >= 0.6 is 0 Å². The number of carbonyl (C=O) groups excluding carboxylic acids is 1. The summed E-state index contributed by atoms with van der Waals surface area (Å²) in [6, 6.07) is 0.0103. The predicted octanol–water partition coefficient (Wildman–Crippen LogP) is 0.833. The van der Waals surface area contributed by atoms with Gasteiger partial charge >= 0.3 is 12.0 Å². The van der Waals surface area contributed by atoms with Crippen LogP contribution in [-0.2, 0) is 4.79 Å². The SMILES string of the molecule is CCCC(CNC(=O)N1CCN(C)CC1C)C(=O)O. The van der Waals surface area contributed by atoms with E-state index in [-0.39, 0.29) is 18.6 Å². The lowest BCUT2D eigenvalue weighted by Gasteiger charge is -2.38. The van der Waals surface area contributed by atoms with E-state index in [9.17, 15) is 9.59 Å². The number of carbonyl (C=O) groups is 2. The Morgan fingerprint density at radius 1 is 1.42 bits per heavy atom. The minimum absolute atomic E-state index is 0.150. The summed E-state index contributed by atoms with van der Waals surface area (Å²) in [5, 5.41) is 11.8. The highest BCUT2D eigenvalue weighted by molar-refractivity contribution is 5.76. The Labute approximate surface area is 114 Å². The summed E-state index contributed by atoms with van der Waals surface area (Å²) < 4.78 is 0. The molecule has 0 aromatic rings. The first kappa shape index (κ1) is 15.8. The lowest BCUT2D eigenvalue weighted by atomic mass is 10.0. The molecule has 1 aliphatic rings. The minimum Gasteiger partial charge on any atom is -0.481 e. The van der Waals surface area contributed by atoms with Crippen molar-refractivity contribution >= 4 is 12.0 Å². The van der Waals surface area contributed by atoms with Crippen molar-refractivity contribution in [2.45, 2.75) is 32.7 Å². The van der Waals surface area contributed by atoms with E-state index in [1.54, 1.807) is 4.90 Å². The van der Waals surface area contributed by atoms with Crippen LogP contribution in [0.25, 0.3) is 0 Å². The van der Waals surface area contributed by atoms with Crippen LogP contribution in [0, 0.1) is 5.92 Å². The van der Waals surface area contributed by atoms with Gasteiger partial charge in [0.05, 0.1) is 5.92 Å². The number of aliphatic carboxylic acids is 1. The second-order valence-electron chi connectivity index (χ2n) is 5.31. The maximum Gasteiger partial charge on any atom is 0.317 e. The molecule has 2 unspecified atom stereocenters. The molecule has 2 amide bonds. The predicted molar refractivity (Wildman–Crippen MR) is 73.1 cm³/mol. The van der Waals surface area contributed by atoms with Gasteiger partial charge in [-0.2, -0.15) is 0 Å². The number of rotatable bonds is 5. The Hall–Kier alpha value is -1.30. The Balaban J connectivity index is 2.43. The van der Waals surface area contributed by atoms with Crippen molar-refractivity contribution in [2.75, 3.05) is 33.2 Å². The highest BCUT2D eigenvalue weighted by Gasteiger charge is 2.26. The minimum atomic E-state index is -0.839. The fraction of sp³-hybridized carbons (Fsp3) is 0.846. The summed E-state index contributed by atoms with van der Waals surface area (Å²) in [5.41, 5.74) is 0. The molecule has 2 atom stereocenters. The normalized spacial score (nSPS) is 22.1. The third-order valence-electron chi connectivity index (χ3n) is 3.58. The van der Waals surface area contributed by atoms with Crippen molar-refractivity contribution in [2.24, 2.45) is 5.92 Å². The molecular formula is C13H25N3O3. The molecule has 2 N–H and O–H groups in total. The molecule has 6 nitrogen and oxygen atoms in total. The quantitative estimate of drug-likeness (QED) is 0.777. The first-order chi connectivity index (χ1) is 8.95.